The number of aromatic nitrogens is 2. The van der Waals surface area contributed by atoms with Gasteiger partial charge in [-0.15, -0.1) is 0 Å². The fraction of sp³-hybridized carbons (Fsp3) is 0.647. The maximum Gasteiger partial charge on any atom is 0.199 e. The number of rotatable bonds is 4. The van der Waals surface area contributed by atoms with Gasteiger partial charge in [0, 0.05) is 12.6 Å². The Bertz CT molecular complexity index is 592. The van der Waals surface area contributed by atoms with Gasteiger partial charge >= 0.3 is 0 Å². The Kier molecular flexibility index (Phi) is 6.39. The first-order chi connectivity index (χ1) is 11.5. The van der Waals surface area contributed by atoms with Crippen molar-refractivity contribution in [1.82, 2.24) is 19.8 Å². The second-order valence-electron chi connectivity index (χ2n) is 6.69. The summed E-state index contributed by atoms with van der Waals surface area (Å²) in [5, 5.41) is 11.1. The van der Waals surface area contributed by atoms with Gasteiger partial charge in [0.15, 0.2) is 11.8 Å². The van der Waals surface area contributed by atoms with Gasteiger partial charge < -0.3 is 25.6 Å². The van der Waals surface area contributed by atoms with E-state index in [1.54, 1.807) is 0 Å². The van der Waals surface area contributed by atoms with Crippen LogP contribution in [0.4, 0.5) is 5.82 Å². The standard InChI is InChI=1S/C13H19N5.C4H11NO/c1-3-9-4-5-10(6-9)18-7-15-11-8(2)16-13(14)17-12(11)18;1-5(2)3-4-6/h7,9-10H,2-6H2,1H3,(H3,14,16,17);6H,3-4H2,1-2H3. The van der Waals surface area contributed by atoms with Crippen LogP contribution in [0.1, 0.15) is 44.3 Å². The molecule has 1 fully saturated rings. The molecule has 2 aliphatic rings. The van der Waals surface area contributed by atoms with E-state index in [9.17, 15) is 0 Å². The van der Waals surface area contributed by atoms with Gasteiger partial charge in [0.25, 0.3) is 0 Å². The third-order valence-corrected chi connectivity index (χ3v) is 4.59. The zero-order valence-corrected chi connectivity index (χ0v) is 15.0. The molecule has 1 saturated carbocycles. The lowest BCUT2D eigenvalue weighted by atomic mass is 10.1. The Morgan fingerprint density at radius 2 is 2.21 bits per heavy atom. The van der Waals surface area contributed by atoms with Gasteiger partial charge in [-0.05, 0) is 39.3 Å². The fourth-order valence-corrected chi connectivity index (χ4v) is 3.17. The molecule has 1 aromatic heterocycles. The summed E-state index contributed by atoms with van der Waals surface area (Å²) in [4.78, 5) is 10.7. The highest BCUT2D eigenvalue weighted by Gasteiger charge is 2.28. The number of likely N-dealkylation sites (N-methyl/N-ethyl adjacent to an activating group) is 1. The van der Waals surface area contributed by atoms with Crippen LogP contribution in [-0.4, -0.2) is 52.8 Å². The first-order valence-electron chi connectivity index (χ1n) is 8.59. The molecule has 1 aromatic rings. The quantitative estimate of drug-likeness (QED) is 0.779. The second kappa shape index (κ2) is 8.30. The zero-order chi connectivity index (χ0) is 17.7. The molecule has 4 N–H and O–H groups in total. The summed E-state index contributed by atoms with van der Waals surface area (Å²) in [6, 6.07) is 0.508. The number of guanidine groups is 1. The van der Waals surface area contributed by atoms with E-state index in [-0.39, 0.29) is 6.61 Å². The molecule has 0 bridgehead atoms. The number of aliphatic hydroxyl groups is 1. The number of hydrogen-bond donors (Lipinski definition) is 3. The molecule has 0 radical (unpaired) electrons. The van der Waals surface area contributed by atoms with E-state index in [1.165, 1.54) is 25.7 Å². The third kappa shape index (κ3) is 4.36. The molecule has 0 spiro atoms. The van der Waals surface area contributed by atoms with Crippen LogP contribution >= 0.6 is 0 Å². The lowest BCUT2D eigenvalue weighted by Crippen LogP contribution is -2.32. The van der Waals surface area contributed by atoms with Gasteiger partial charge in [-0.1, -0.05) is 19.9 Å². The maximum atomic E-state index is 8.20. The van der Waals surface area contributed by atoms with Crippen molar-refractivity contribution in [3.63, 3.8) is 0 Å². The molecule has 1 aliphatic heterocycles. The topological polar surface area (TPSA) is 91.7 Å². The van der Waals surface area contributed by atoms with Crippen molar-refractivity contribution in [3.05, 3.63) is 18.6 Å². The van der Waals surface area contributed by atoms with E-state index in [0.29, 0.717) is 12.0 Å². The molecule has 2 unspecified atom stereocenters. The highest BCUT2D eigenvalue weighted by Crippen LogP contribution is 2.40. The minimum atomic E-state index is 0.257. The van der Waals surface area contributed by atoms with E-state index in [0.717, 1.165) is 29.7 Å². The van der Waals surface area contributed by atoms with Crippen molar-refractivity contribution in [2.45, 2.75) is 38.6 Å². The maximum absolute atomic E-state index is 8.20. The van der Waals surface area contributed by atoms with Gasteiger partial charge in [-0.3, -0.25) is 0 Å². The van der Waals surface area contributed by atoms with Gasteiger partial charge in [-0.2, -0.15) is 4.99 Å². The lowest BCUT2D eigenvalue weighted by molar-refractivity contribution is 0.243. The van der Waals surface area contributed by atoms with E-state index < -0.39 is 0 Å². The number of imidazole rings is 1. The van der Waals surface area contributed by atoms with Crippen LogP contribution in [0.5, 0.6) is 0 Å². The van der Waals surface area contributed by atoms with E-state index in [4.69, 9.17) is 10.8 Å². The molecule has 2 heterocycles. The molecule has 0 aromatic carbocycles. The number of fused-ring (bicyclic) bond motifs is 1. The fourth-order valence-electron chi connectivity index (χ4n) is 3.17. The summed E-state index contributed by atoms with van der Waals surface area (Å²) in [5.74, 6) is 2.09. The molecule has 134 valence electrons. The molecule has 3 rings (SSSR count). The normalized spacial score (nSPS) is 22.5. The van der Waals surface area contributed by atoms with Gasteiger partial charge in [-0.25, -0.2) is 4.98 Å². The minimum absolute atomic E-state index is 0.257. The van der Waals surface area contributed by atoms with Crippen LogP contribution in [0.3, 0.4) is 0 Å². The molecular formula is C17H30N6O. The van der Waals surface area contributed by atoms with Gasteiger partial charge in [0.2, 0.25) is 0 Å². The average Bonchev–Trinajstić information content (AvgIpc) is 3.13. The van der Waals surface area contributed by atoms with Crippen LogP contribution < -0.4 is 11.1 Å². The summed E-state index contributed by atoms with van der Waals surface area (Å²) in [7, 11) is 3.85. The predicted molar refractivity (Wildman–Crippen MR) is 98.0 cm³/mol. The Labute approximate surface area is 144 Å². The smallest absolute Gasteiger partial charge is 0.199 e. The molecule has 7 nitrogen and oxygen atoms in total. The second-order valence-corrected chi connectivity index (χ2v) is 6.69. The van der Waals surface area contributed by atoms with Gasteiger partial charge in [0.05, 0.1) is 18.6 Å². The van der Waals surface area contributed by atoms with Crippen molar-refractivity contribution in [3.8, 4) is 0 Å². The highest BCUT2D eigenvalue weighted by molar-refractivity contribution is 5.93. The monoisotopic (exact) mass is 334 g/mol. The van der Waals surface area contributed by atoms with Crippen LogP contribution in [0.2, 0.25) is 0 Å². The van der Waals surface area contributed by atoms with E-state index >= 15 is 0 Å². The molecule has 0 saturated heterocycles. The van der Waals surface area contributed by atoms with Crippen molar-refractivity contribution >= 4 is 17.5 Å². The Morgan fingerprint density at radius 3 is 2.75 bits per heavy atom. The largest absolute Gasteiger partial charge is 0.395 e. The van der Waals surface area contributed by atoms with Crippen molar-refractivity contribution in [2.75, 3.05) is 27.2 Å². The number of aliphatic imine (C=N–C) groups is 1. The number of nitrogens with two attached hydrogens (primary N) is 1. The Hall–Kier alpha value is -1.86. The average molecular weight is 334 g/mol. The molecule has 0 amide bonds. The summed E-state index contributed by atoms with van der Waals surface area (Å²) >= 11 is 0. The molecule has 2 atom stereocenters. The van der Waals surface area contributed by atoms with E-state index in [1.807, 2.05) is 25.3 Å². The molecule has 1 aliphatic carbocycles. The summed E-state index contributed by atoms with van der Waals surface area (Å²) < 4.78 is 2.17. The van der Waals surface area contributed by atoms with Crippen molar-refractivity contribution in [1.29, 1.82) is 0 Å². The van der Waals surface area contributed by atoms with Crippen LogP contribution in [0, 0.1) is 5.92 Å². The van der Waals surface area contributed by atoms with Crippen LogP contribution in [0.25, 0.3) is 5.70 Å². The summed E-state index contributed by atoms with van der Waals surface area (Å²) in [5.41, 5.74) is 7.32. The molecular weight excluding hydrogens is 304 g/mol. The number of nitrogens with zero attached hydrogens (tertiary/aromatic N) is 4. The number of nitrogens with one attached hydrogen (secondary N) is 1. The SMILES string of the molecule is C=C1NC(N)=Nc2c1ncn2C1CCC(CC)C1.CN(C)CCO. The summed E-state index contributed by atoms with van der Waals surface area (Å²) in [6.45, 7) is 7.21. The zero-order valence-electron chi connectivity index (χ0n) is 15.0. The first kappa shape index (κ1) is 18.5. The Balaban J connectivity index is 0.000000301. The summed E-state index contributed by atoms with van der Waals surface area (Å²) in [6.07, 6.45) is 6.85. The number of hydrogen-bond acceptors (Lipinski definition) is 6. The predicted octanol–water partition coefficient (Wildman–Crippen LogP) is 1.69. The van der Waals surface area contributed by atoms with E-state index in [2.05, 4.69) is 33.4 Å². The lowest BCUT2D eigenvalue weighted by Gasteiger charge is -2.18. The number of aliphatic hydroxyl groups excluding tert-OH is 1. The van der Waals surface area contributed by atoms with Crippen LogP contribution in [-0.2, 0) is 0 Å². The van der Waals surface area contributed by atoms with Gasteiger partial charge in [0.1, 0.15) is 5.69 Å². The van der Waals surface area contributed by atoms with Crippen molar-refractivity contribution in [2.24, 2.45) is 16.6 Å². The van der Waals surface area contributed by atoms with Crippen molar-refractivity contribution < 1.29 is 5.11 Å². The minimum Gasteiger partial charge on any atom is -0.395 e. The Morgan fingerprint density at radius 1 is 1.46 bits per heavy atom. The third-order valence-electron chi connectivity index (χ3n) is 4.59. The highest BCUT2D eigenvalue weighted by atomic mass is 16.3. The van der Waals surface area contributed by atoms with Crippen LogP contribution in [0.15, 0.2) is 17.9 Å². The first-order valence-corrected chi connectivity index (χ1v) is 8.59. The molecule has 7 heteroatoms. The molecule has 24 heavy (non-hydrogen) atoms.